The molecule has 0 atom stereocenters. The Labute approximate surface area is 120 Å². The Bertz CT molecular complexity index is 414. The number of amides is 1. The molecule has 1 aromatic carbocycles. The third-order valence-electron chi connectivity index (χ3n) is 3.99. The third kappa shape index (κ3) is 3.81. The van der Waals surface area contributed by atoms with Crippen LogP contribution < -0.4 is 10.6 Å². The van der Waals surface area contributed by atoms with Gasteiger partial charge in [0.15, 0.2) is 0 Å². The van der Waals surface area contributed by atoms with Crippen LogP contribution in [0.5, 0.6) is 0 Å². The highest BCUT2D eigenvalue weighted by molar-refractivity contribution is 5.85. The maximum atomic E-state index is 12.3. The quantitative estimate of drug-likeness (QED) is 0.774. The lowest BCUT2D eigenvalue weighted by Gasteiger charge is -2.34. The summed E-state index contributed by atoms with van der Waals surface area (Å²) < 4.78 is 5.50. The van der Waals surface area contributed by atoms with Gasteiger partial charge in [-0.2, -0.15) is 0 Å². The molecule has 0 aromatic heterocycles. The van der Waals surface area contributed by atoms with Gasteiger partial charge in [-0.05, 0) is 44.3 Å². The molecule has 1 saturated heterocycles. The van der Waals surface area contributed by atoms with Crippen molar-refractivity contribution in [3.8, 4) is 0 Å². The molecule has 1 aromatic rings. The Morgan fingerprint density at radius 3 is 2.65 bits per heavy atom. The molecule has 0 unspecified atom stereocenters. The molecule has 0 spiro atoms. The summed E-state index contributed by atoms with van der Waals surface area (Å²) in [5, 5.41) is 6.28. The van der Waals surface area contributed by atoms with Crippen LogP contribution in [0, 0.1) is 0 Å². The van der Waals surface area contributed by atoms with Crippen LogP contribution >= 0.6 is 0 Å². The minimum absolute atomic E-state index is 0.0366. The first-order valence-corrected chi connectivity index (χ1v) is 7.35. The smallest absolute Gasteiger partial charge is 0.252 e. The van der Waals surface area contributed by atoms with Crippen LogP contribution in [0.4, 0.5) is 0 Å². The first kappa shape index (κ1) is 15.0. The lowest BCUT2D eigenvalue weighted by Crippen LogP contribution is -2.54. The van der Waals surface area contributed by atoms with Crippen LogP contribution in [0.3, 0.4) is 0 Å². The fourth-order valence-corrected chi connectivity index (χ4v) is 2.65. The van der Waals surface area contributed by atoms with Gasteiger partial charge in [0.2, 0.25) is 0 Å². The number of aryl methyl sites for hydroxylation is 1. The van der Waals surface area contributed by atoms with Gasteiger partial charge >= 0.3 is 0 Å². The average Bonchev–Trinajstić information content (AvgIpc) is 2.53. The SMILES string of the molecule is COC1(C(=O)NCCCc2ccccc2)CCNCC1. The van der Waals surface area contributed by atoms with E-state index in [1.807, 2.05) is 18.2 Å². The number of ether oxygens (including phenoxy) is 1. The largest absolute Gasteiger partial charge is 0.368 e. The first-order valence-electron chi connectivity index (χ1n) is 7.35. The fraction of sp³-hybridized carbons (Fsp3) is 0.562. The maximum absolute atomic E-state index is 12.3. The van der Waals surface area contributed by atoms with Gasteiger partial charge < -0.3 is 15.4 Å². The average molecular weight is 276 g/mol. The van der Waals surface area contributed by atoms with Crippen molar-refractivity contribution in [1.29, 1.82) is 0 Å². The van der Waals surface area contributed by atoms with E-state index in [1.165, 1.54) is 5.56 Å². The Morgan fingerprint density at radius 2 is 2.00 bits per heavy atom. The molecule has 1 amide bonds. The number of hydrogen-bond donors (Lipinski definition) is 2. The van der Waals surface area contributed by atoms with Gasteiger partial charge in [0, 0.05) is 13.7 Å². The van der Waals surface area contributed by atoms with E-state index in [9.17, 15) is 4.79 Å². The van der Waals surface area contributed by atoms with E-state index in [-0.39, 0.29) is 5.91 Å². The number of hydrogen-bond acceptors (Lipinski definition) is 3. The molecule has 0 bridgehead atoms. The lowest BCUT2D eigenvalue weighted by atomic mass is 9.91. The van der Waals surface area contributed by atoms with Gasteiger partial charge in [0.05, 0.1) is 0 Å². The minimum atomic E-state index is -0.627. The zero-order valence-electron chi connectivity index (χ0n) is 12.2. The third-order valence-corrected chi connectivity index (χ3v) is 3.99. The molecule has 2 N–H and O–H groups in total. The van der Waals surface area contributed by atoms with Crippen LogP contribution in [-0.2, 0) is 16.0 Å². The second kappa shape index (κ2) is 7.41. The van der Waals surface area contributed by atoms with Crippen LogP contribution in [0.1, 0.15) is 24.8 Å². The molecule has 0 aliphatic carbocycles. The van der Waals surface area contributed by atoms with Crippen molar-refractivity contribution in [2.75, 3.05) is 26.7 Å². The number of carbonyl (C=O) groups is 1. The molecule has 1 aliphatic rings. The van der Waals surface area contributed by atoms with Crippen LogP contribution in [0.2, 0.25) is 0 Å². The second-order valence-corrected chi connectivity index (χ2v) is 5.29. The van der Waals surface area contributed by atoms with Crippen molar-refractivity contribution in [3.05, 3.63) is 35.9 Å². The summed E-state index contributed by atoms with van der Waals surface area (Å²) in [7, 11) is 1.63. The zero-order chi connectivity index (χ0) is 14.3. The molecule has 1 fully saturated rings. The molecule has 1 aliphatic heterocycles. The van der Waals surface area contributed by atoms with E-state index < -0.39 is 5.60 Å². The fourth-order valence-electron chi connectivity index (χ4n) is 2.65. The molecule has 0 saturated carbocycles. The highest BCUT2D eigenvalue weighted by Crippen LogP contribution is 2.22. The van der Waals surface area contributed by atoms with Crippen molar-refractivity contribution in [2.24, 2.45) is 0 Å². The van der Waals surface area contributed by atoms with Crippen molar-refractivity contribution in [2.45, 2.75) is 31.3 Å². The maximum Gasteiger partial charge on any atom is 0.252 e. The van der Waals surface area contributed by atoms with E-state index in [4.69, 9.17) is 4.74 Å². The number of benzene rings is 1. The molecule has 2 rings (SSSR count). The normalized spacial score (nSPS) is 17.6. The lowest BCUT2D eigenvalue weighted by molar-refractivity contribution is -0.146. The summed E-state index contributed by atoms with van der Waals surface area (Å²) in [6, 6.07) is 10.3. The number of rotatable bonds is 6. The van der Waals surface area contributed by atoms with Gasteiger partial charge in [-0.3, -0.25) is 4.79 Å². The Kier molecular flexibility index (Phi) is 5.56. The van der Waals surface area contributed by atoms with E-state index in [2.05, 4.69) is 22.8 Å². The van der Waals surface area contributed by atoms with E-state index >= 15 is 0 Å². The van der Waals surface area contributed by atoms with Gasteiger partial charge in [-0.15, -0.1) is 0 Å². The summed E-state index contributed by atoms with van der Waals surface area (Å²) >= 11 is 0. The Morgan fingerprint density at radius 1 is 1.30 bits per heavy atom. The standard InChI is InChI=1S/C16H24N2O2/c1-20-16(9-12-17-13-10-16)15(19)18-11-5-8-14-6-3-2-4-7-14/h2-4,6-7,17H,5,8-13H2,1H3,(H,18,19). The van der Waals surface area contributed by atoms with E-state index in [0.29, 0.717) is 6.54 Å². The zero-order valence-corrected chi connectivity index (χ0v) is 12.2. The van der Waals surface area contributed by atoms with Gasteiger partial charge in [0.25, 0.3) is 5.91 Å². The Hall–Kier alpha value is -1.39. The molecule has 1 heterocycles. The molecular weight excluding hydrogens is 252 g/mol. The molecule has 0 radical (unpaired) electrons. The van der Waals surface area contributed by atoms with Crippen molar-refractivity contribution in [1.82, 2.24) is 10.6 Å². The van der Waals surface area contributed by atoms with Gasteiger partial charge in [-0.25, -0.2) is 0 Å². The first-order chi connectivity index (χ1) is 9.77. The van der Waals surface area contributed by atoms with Crippen LogP contribution in [0.15, 0.2) is 30.3 Å². The molecule has 110 valence electrons. The predicted molar refractivity (Wildman–Crippen MR) is 79.6 cm³/mol. The highest BCUT2D eigenvalue weighted by atomic mass is 16.5. The topological polar surface area (TPSA) is 50.4 Å². The second-order valence-electron chi connectivity index (χ2n) is 5.29. The summed E-state index contributed by atoms with van der Waals surface area (Å²) in [5.41, 5.74) is 0.683. The number of nitrogens with one attached hydrogen (secondary N) is 2. The van der Waals surface area contributed by atoms with Crippen LogP contribution in [0.25, 0.3) is 0 Å². The number of methoxy groups -OCH3 is 1. The highest BCUT2D eigenvalue weighted by Gasteiger charge is 2.39. The molecule has 4 nitrogen and oxygen atoms in total. The summed E-state index contributed by atoms with van der Waals surface area (Å²) in [5.74, 6) is 0.0366. The Balaban J connectivity index is 1.74. The predicted octanol–water partition coefficient (Wildman–Crippen LogP) is 1.50. The summed E-state index contributed by atoms with van der Waals surface area (Å²) in [6.45, 7) is 2.38. The summed E-state index contributed by atoms with van der Waals surface area (Å²) in [6.07, 6.45) is 3.43. The molecular formula is C16H24N2O2. The number of carbonyl (C=O) groups excluding carboxylic acids is 1. The summed E-state index contributed by atoms with van der Waals surface area (Å²) in [4.78, 5) is 12.3. The van der Waals surface area contributed by atoms with Gasteiger partial charge in [0.1, 0.15) is 5.60 Å². The van der Waals surface area contributed by atoms with Crippen LogP contribution in [-0.4, -0.2) is 38.3 Å². The minimum Gasteiger partial charge on any atom is -0.368 e. The van der Waals surface area contributed by atoms with Crippen molar-refractivity contribution >= 4 is 5.91 Å². The van der Waals surface area contributed by atoms with Gasteiger partial charge in [-0.1, -0.05) is 30.3 Å². The molecule has 20 heavy (non-hydrogen) atoms. The van der Waals surface area contributed by atoms with E-state index in [0.717, 1.165) is 38.8 Å². The van der Waals surface area contributed by atoms with E-state index in [1.54, 1.807) is 7.11 Å². The molecule has 4 heteroatoms. The number of piperidine rings is 1. The monoisotopic (exact) mass is 276 g/mol. The van der Waals surface area contributed by atoms with Crippen molar-refractivity contribution < 1.29 is 9.53 Å². The van der Waals surface area contributed by atoms with Crippen molar-refractivity contribution in [3.63, 3.8) is 0 Å².